The van der Waals surface area contributed by atoms with Gasteiger partial charge >= 0.3 is 0 Å². The molecule has 0 aliphatic heterocycles. The van der Waals surface area contributed by atoms with Gasteiger partial charge in [-0.3, -0.25) is 14.1 Å². The summed E-state index contributed by atoms with van der Waals surface area (Å²) >= 11 is 0. The molecule has 0 N–H and O–H groups in total. The molecule has 11 aromatic rings. The Labute approximate surface area is 296 Å². The van der Waals surface area contributed by atoms with E-state index in [1.165, 1.54) is 0 Å². The van der Waals surface area contributed by atoms with Crippen LogP contribution in [0.3, 0.4) is 0 Å². The highest BCUT2D eigenvalue weighted by Crippen LogP contribution is 2.36. The molecule has 7 aromatic heterocycles. The van der Waals surface area contributed by atoms with Gasteiger partial charge in [-0.25, -0.2) is 24.9 Å². The first-order valence-corrected chi connectivity index (χ1v) is 17.1. The number of para-hydroxylation sites is 2. The highest BCUT2D eigenvalue weighted by molar-refractivity contribution is 6.11. The van der Waals surface area contributed by atoms with Crippen LogP contribution in [0.2, 0.25) is 0 Å². The highest BCUT2D eigenvalue weighted by Gasteiger charge is 2.21. The third-order valence-electron chi connectivity index (χ3n) is 9.91. The molecule has 0 atom stereocenters. The fraction of sp³-hybridized carbons (Fsp3) is 0. The normalized spacial score (nSPS) is 11.8. The Balaban J connectivity index is 1.22. The number of hydrogen-bond acceptors (Lipinski definition) is 6. The molecule has 0 aliphatic rings. The fourth-order valence-corrected chi connectivity index (χ4v) is 7.53. The van der Waals surface area contributed by atoms with Crippen LogP contribution in [-0.2, 0) is 0 Å². The summed E-state index contributed by atoms with van der Waals surface area (Å²) in [5.74, 6) is 1.26. The van der Waals surface area contributed by atoms with Crippen LogP contribution >= 0.6 is 0 Å². The second kappa shape index (κ2) is 11.1. The molecule has 8 heteroatoms. The third-order valence-corrected chi connectivity index (χ3v) is 9.91. The monoisotopic (exact) mass is 666 g/mol. The summed E-state index contributed by atoms with van der Waals surface area (Å²) < 4.78 is 4.18. The van der Waals surface area contributed by atoms with E-state index in [0.29, 0.717) is 11.6 Å². The summed E-state index contributed by atoms with van der Waals surface area (Å²) in [6.45, 7) is 0. The summed E-state index contributed by atoms with van der Waals surface area (Å²) in [7, 11) is 0. The van der Waals surface area contributed by atoms with E-state index in [1.54, 1.807) is 0 Å². The van der Waals surface area contributed by atoms with Crippen molar-refractivity contribution >= 4 is 65.7 Å². The van der Waals surface area contributed by atoms with Gasteiger partial charge in [0, 0.05) is 56.5 Å². The van der Waals surface area contributed by atoms with Crippen LogP contribution in [0.25, 0.3) is 100.0 Å². The molecule has 0 aliphatic carbocycles. The van der Waals surface area contributed by atoms with E-state index >= 15 is 0 Å². The Morgan fingerprint density at radius 2 is 1.06 bits per heavy atom. The topological polar surface area (TPSA) is 87.2 Å². The summed E-state index contributed by atoms with van der Waals surface area (Å²) in [6.07, 6.45) is 5.55. The second-order valence-electron chi connectivity index (χ2n) is 12.8. The van der Waals surface area contributed by atoms with E-state index in [2.05, 4.69) is 95.6 Å². The Bertz CT molecular complexity index is 3070. The number of rotatable bonds is 4. The second-order valence-corrected chi connectivity index (χ2v) is 12.8. The number of fused-ring (bicyclic) bond motifs is 9. The lowest BCUT2D eigenvalue weighted by Crippen LogP contribution is -2.06. The molecule has 242 valence electrons. The van der Waals surface area contributed by atoms with Crippen LogP contribution in [-0.4, -0.2) is 39.0 Å². The highest BCUT2D eigenvalue weighted by atomic mass is 15.2. The summed E-state index contributed by atoms with van der Waals surface area (Å²) in [5.41, 5.74) is 8.73. The van der Waals surface area contributed by atoms with Gasteiger partial charge < -0.3 is 0 Å². The number of hydrogen-bond donors (Lipinski definition) is 0. The maximum absolute atomic E-state index is 5.37. The molecule has 0 unspecified atom stereocenters. The molecular weight excluding hydrogens is 641 g/mol. The molecule has 0 amide bonds. The largest absolute Gasteiger partial charge is 0.278 e. The van der Waals surface area contributed by atoms with E-state index in [4.69, 9.17) is 29.9 Å². The van der Waals surface area contributed by atoms with E-state index in [-0.39, 0.29) is 0 Å². The first-order chi connectivity index (χ1) is 25.8. The molecular formula is C44H26N8. The van der Waals surface area contributed by atoms with Gasteiger partial charge in [0.05, 0.1) is 22.2 Å². The van der Waals surface area contributed by atoms with Gasteiger partial charge in [-0.2, -0.15) is 0 Å². The fourth-order valence-electron chi connectivity index (χ4n) is 7.53. The van der Waals surface area contributed by atoms with Crippen LogP contribution in [0.15, 0.2) is 158 Å². The molecule has 11 rings (SSSR count). The van der Waals surface area contributed by atoms with Crippen molar-refractivity contribution in [2.24, 2.45) is 0 Å². The van der Waals surface area contributed by atoms with Crippen LogP contribution in [0.5, 0.6) is 0 Å². The lowest BCUT2D eigenvalue weighted by atomic mass is 10.0. The molecule has 0 bridgehead atoms. The molecule has 0 radical (unpaired) electrons. The van der Waals surface area contributed by atoms with Crippen molar-refractivity contribution in [1.29, 1.82) is 0 Å². The zero-order chi connectivity index (χ0) is 34.2. The Hall–Kier alpha value is -7.32. The minimum absolute atomic E-state index is 0.500. The summed E-state index contributed by atoms with van der Waals surface area (Å²) in [4.78, 5) is 30.6. The van der Waals surface area contributed by atoms with Gasteiger partial charge in [0.2, 0.25) is 5.95 Å². The maximum Gasteiger partial charge on any atom is 0.237 e. The smallest absolute Gasteiger partial charge is 0.237 e. The molecule has 0 fully saturated rings. The average molecular weight is 667 g/mol. The van der Waals surface area contributed by atoms with E-state index < -0.39 is 0 Å². The van der Waals surface area contributed by atoms with Crippen LogP contribution in [0, 0.1) is 0 Å². The Morgan fingerprint density at radius 1 is 0.404 bits per heavy atom. The van der Waals surface area contributed by atoms with Crippen molar-refractivity contribution in [3.8, 4) is 34.3 Å². The van der Waals surface area contributed by atoms with Gasteiger partial charge in [0.25, 0.3) is 0 Å². The van der Waals surface area contributed by atoms with Crippen molar-refractivity contribution in [2.75, 3.05) is 0 Å². The van der Waals surface area contributed by atoms with Gasteiger partial charge in [0.15, 0.2) is 0 Å². The van der Waals surface area contributed by atoms with Gasteiger partial charge in [-0.1, -0.05) is 78.9 Å². The lowest BCUT2D eigenvalue weighted by Gasteiger charge is -2.13. The lowest BCUT2D eigenvalue weighted by molar-refractivity contribution is 0.995. The minimum atomic E-state index is 0.500. The van der Waals surface area contributed by atoms with Crippen molar-refractivity contribution in [3.63, 3.8) is 0 Å². The molecule has 52 heavy (non-hydrogen) atoms. The number of aromatic nitrogens is 8. The van der Waals surface area contributed by atoms with Gasteiger partial charge in [0.1, 0.15) is 28.3 Å². The third kappa shape index (κ3) is 4.21. The van der Waals surface area contributed by atoms with Crippen molar-refractivity contribution < 1.29 is 0 Å². The maximum atomic E-state index is 5.37. The number of pyridine rings is 4. The zero-order valence-electron chi connectivity index (χ0n) is 27.6. The van der Waals surface area contributed by atoms with Gasteiger partial charge in [-0.05, 0) is 66.2 Å². The predicted octanol–water partition coefficient (Wildman–Crippen LogP) is 9.89. The van der Waals surface area contributed by atoms with E-state index in [9.17, 15) is 0 Å². The zero-order valence-corrected chi connectivity index (χ0v) is 27.6. The Morgan fingerprint density at radius 3 is 1.79 bits per heavy atom. The van der Waals surface area contributed by atoms with Crippen LogP contribution < -0.4 is 0 Å². The summed E-state index contributed by atoms with van der Waals surface area (Å²) in [5, 5.41) is 6.14. The molecule has 0 spiro atoms. The average Bonchev–Trinajstić information content (AvgIpc) is 3.74. The predicted molar refractivity (Wildman–Crippen MR) is 208 cm³/mol. The molecule has 0 saturated carbocycles. The SMILES string of the molecule is c1ccc(-c2ccc(-c3nc(-n4c5ccccc5c5cccnc54)nc4c3ccc3ccc(-n5c6ccccc6c6cccnc65)nc34)nc2)cc1. The van der Waals surface area contributed by atoms with Crippen molar-refractivity contribution in [3.05, 3.63) is 158 Å². The standard InChI is InChI=1S/C44H26N8/c1-2-10-27(11-3-1)29-19-22-35(47-26-29)40-34-21-18-28-20-23-38(51-36-16-6-4-12-30(36)32-14-8-24-45-42(32)51)48-39(28)41(34)50-44(49-40)52-37-17-7-5-13-31(37)33-15-9-25-46-43(33)52/h1-26H. The Kier molecular flexibility index (Phi) is 6.08. The molecule has 4 aromatic carbocycles. The molecule has 7 heterocycles. The molecule has 0 saturated heterocycles. The molecule has 8 nitrogen and oxygen atoms in total. The summed E-state index contributed by atoms with van der Waals surface area (Å²) in [6, 6.07) is 47.5. The van der Waals surface area contributed by atoms with Crippen LogP contribution in [0.1, 0.15) is 0 Å². The van der Waals surface area contributed by atoms with Crippen LogP contribution in [0.4, 0.5) is 0 Å². The van der Waals surface area contributed by atoms with Crippen molar-refractivity contribution in [1.82, 2.24) is 39.0 Å². The number of nitrogens with zero attached hydrogens (tertiary/aromatic N) is 8. The van der Waals surface area contributed by atoms with E-state index in [0.717, 1.165) is 88.3 Å². The number of benzene rings is 4. The first-order valence-electron chi connectivity index (χ1n) is 17.1. The minimum Gasteiger partial charge on any atom is -0.278 e. The first kappa shape index (κ1) is 28.5. The van der Waals surface area contributed by atoms with Crippen molar-refractivity contribution in [2.45, 2.75) is 0 Å². The quantitative estimate of drug-likeness (QED) is 0.174. The van der Waals surface area contributed by atoms with E-state index in [1.807, 2.05) is 71.7 Å². The van der Waals surface area contributed by atoms with Gasteiger partial charge in [-0.15, -0.1) is 0 Å².